The molecular formula is C17H22N2O3. The second-order valence-corrected chi connectivity index (χ2v) is 6.39. The number of benzene rings is 1. The van der Waals surface area contributed by atoms with Crippen LogP contribution in [0.3, 0.4) is 0 Å². The fourth-order valence-corrected chi connectivity index (χ4v) is 3.51. The van der Waals surface area contributed by atoms with Gasteiger partial charge in [0.05, 0.1) is 6.10 Å². The Morgan fingerprint density at radius 2 is 1.95 bits per heavy atom. The van der Waals surface area contributed by atoms with Crippen LogP contribution in [-0.2, 0) is 4.79 Å². The number of aliphatic hydroxyl groups excluding tert-OH is 1. The van der Waals surface area contributed by atoms with Crippen LogP contribution in [0.4, 0.5) is 0 Å². The van der Waals surface area contributed by atoms with E-state index in [1.807, 2.05) is 25.1 Å². The zero-order valence-electron chi connectivity index (χ0n) is 12.9. The van der Waals surface area contributed by atoms with Gasteiger partial charge in [-0.15, -0.1) is 0 Å². The lowest BCUT2D eigenvalue weighted by molar-refractivity contribution is -0.140. The second-order valence-electron chi connectivity index (χ2n) is 6.39. The SMILES string of the molecule is CC1(C(=O)N2CC[C@H](O)C2)CCCN1C(=O)c1ccccc1. The molecule has 1 N–H and O–H groups in total. The van der Waals surface area contributed by atoms with Crippen LogP contribution in [0.25, 0.3) is 0 Å². The monoisotopic (exact) mass is 302 g/mol. The number of carbonyl (C=O) groups excluding carboxylic acids is 2. The van der Waals surface area contributed by atoms with E-state index in [1.165, 1.54) is 0 Å². The molecule has 0 aromatic heterocycles. The molecule has 1 aromatic carbocycles. The average Bonchev–Trinajstić information content (AvgIpc) is 3.13. The summed E-state index contributed by atoms with van der Waals surface area (Å²) >= 11 is 0. The van der Waals surface area contributed by atoms with E-state index in [2.05, 4.69) is 0 Å². The number of aliphatic hydroxyl groups is 1. The summed E-state index contributed by atoms with van der Waals surface area (Å²) in [5.41, 5.74) is -0.179. The summed E-state index contributed by atoms with van der Waals surface area (Å²) in [7, 11) is 0. The van der Waals surface area contributed by atoms with Gasteiger partial charge in [-0.3, -0.25) is 9.59 Å². The first kappa shape index (κ1) is 15.0. The van der Waals surface area contributed by atoms with Crippen molar-refractivity contribution in [2.75, 3.05) is 19.6 Å². The van der Waals surface area contributed by atoms with Gasteiger partial charge in [0.1, 0.15) is 5.54 Å². The van der Waals surface area contributed by atoms with Crippen LogP contribution < -0.4 is 0 Å². The highest BCUT2D eigenvalue weighted by atomic mass is 16.3. The van der Waals surface area contributed by atoms with Crippen LogP contribution in [0.5, 0.6) is 0 Å². The number of hydrogen-bond acceptors (Lipinski definition) is 3. The van der Waals surface area contributed by atoms with E-state index in [1.54, 1.807) is 21.9 Å². The predicted octanol–water partition coefficient (Wildman–Crippen LogP) is 1.27. The highest BCUT2D eigenvalue weighted by Gasteiger charge is 2.48. The topological polar surface area (TPSA) is 60.9 Å². The van der Waals surface area contributed by atoms with Crippen molar-refractivity contribution in [2.45, 2.75) is 37.8 Å². The van der Waals surface area contributed by atoms with Crippen molar-refractivity contribution in [3.05, 3.63) is 35.9 Å². The predicted molar refractivity (Wildman–Crippen MR) is 82.3 cm³/mol. The Hall–Kier alpha value is -1.88. The summed E-state index contributed by atoms with van der Waals surface area (Å²) in [6, 6.07) is 9.10. The minimum absolute atomic E-state index is 0.0363. The Morgan fingerprint density at radius 3 is 2.59 bits per heavy atom. The summed E-state index contributed by atoms with van der Waals surface area (Å²) in [6.07, 6.45) is 1.69. The van der Waals surface area contributed by atoms with Gasteiger partial charge in [0, 0.05) is 25.2 Å². The number of likely N-dealkylation sites (tertiary alicyclic amines) is 2. The van der Waals surface area contributed by atoms with Crippen molar-refractivity contribution in [3.8, 4) is 0 Å². The van der Waals surface area contributed by atoms with Gasteiger partial charge in [0.2, 0.25) is 5.91 Å². The lowest BCUT2D eigenvalue weighted by Gasteiger charge is -2.37. The van der Waals surface area contributed by atoms with E-state index >= 15 is 0 Å². The van der Waals surface area contributed by atoms with Crippen molar-refractivity contribution in [2.24, 2.45) is 0 Å². The molecule has 2 atom stereocenters. The van der Waals surface area contributed by atoms with Gasteiger partial charge in [0.25, 0.3) is 5.91 Å². The zero-order chi connectivity index (χ0) is 15.7. The molecular weight excluding hydrogens is 280 g/mol. The molecule has 2 aliphatic rings. The van der Waals surface area contributed by atoms with Crippen molar-refractivity contribution < 1.29 is 14.7 Å². The first-order valence-electron chi connectivity index (χ1n) is 7.87. The van der Waals surface area contributed by atoms with E-state index in [4.69, 9.17) is 0 Å². The van der Waals surface area contributed by atoms with Crippen LogP contribution >= 0.6 is 0 Å². The molecule has 0 radical (unpaired) electrons. The van der Waals surface area contributed by atoms with Crippen molar-refractivity contribution in [1.82, 2.24) is 9.80 Å². The van der Waals surface area contributed by atoms with Crippen LogP contribution in [0.1, 0.15) is 36.5 Å². The molecule has 1 unspecified atom stereocenters. The molecule has 2 amide bonds. The normalized spacial score (nSPS) is 28.2. The minimum atomic E-state index is -0.795. The van der Waals surface area contributed by atoms with Gasteiger partial charge in [-0.05, 0) is 38.3 Å². The molecule has 2 heterocycles. The van der Waals surface area contributed by atoms with Crippen LogP contribution in [0.15, 0.2) is 30.3 Å². The Balaban J connectivity index is 1.82. The van der Waals surface area contributed by atoms with Crippen LogP contribution in [0, 0.1) is 0 Å². The standard InChI is InChI=1S/C17H22N2O3/c1-17(16(22)18-11-8-14(20)12-18)9-5-10-19(17)15(21)13-6-3-2-4-7-13/h2-4,6-7,14,20H,5,8-12H2,1H3/t14-,17?/m0/s1. The zero-order valence-corrected chi connectivity index (χ0v) is 12.9. The molecule has 0 aliphatic carbocycles. The highest BCUT2D eigenvalue weighted by Crippen LogP contribution is 2.33. The lowest BCUT2D eigenvalue weighted by atomic mass is 9.96. The molecule has 3 rings (SSSR count). The summed E-state index contributed by atoms with van der Waals surface area (Å²) in [5, 5.41) is 9.65. The van der Waals surface area contributed by atoms with Crippen molar-refractivity contribution in [3.63, 3.8) is 0 Å². The minimum Gasteiger partial charge on any atom is -0.391 e. The second kappa shape index (κ2) is 5.72. The molecule has 22 heavy (non-hydrogen) atoms. The number of hydrogen-bond donors (Lipinski definition) is 1. The molecule has 0 spiro atoms. The Labute approximate surface area is 130 Å². The van der Waals surface area contributed by atoms with Gasteiger partial charge < -0.3 is 14.9 Å². The molecule has 0 saturated carbocycles. The van der Waals surface area contributed by atoms with Crippen LogP contribution in [-0.4, -0.2) is 58.0 Å². The number of amides is 2. The first-order chi connectivity index (χ1) is 10.5. The van der Waals surface area contributed by atoms with Gasteiger partial charge >= 0.3 is 0 Å². The molecule has 1 aromatic rings. The Morgan fingerprint density at radius 1 is 1.23 bits per heavy atom. The van der Waals surface area contributed by atoms with E-state index in [0.29, 0.717) is 38.0 Å². The van der Waals surface area contributed by atoms with Gasteiger partial charge in [0.15, 0.2) is 0 Å². The quantitative estimate of drug-likeness (QED) is 0.895. The fourth-order valence-electron chi connectivity index (χ4n) is 3.51. The van der Waals surface area contributed by atoms with Crippen molar-refractivity contribution >= 4 is 11.8 Å². The maximum absolute atomic E-state index is 12.9. The maximum atomic E-state index is 12.9. The summed E-state index contributed by atoms with van der Waals surface area (Å²) < 4.78 is 0. The van der Waals surface area contributed by atoms with E-state index < -0.39 is 11.6 Å². The smallest absolute Gasteiger partial charge is 0.254 e. The molecule has 2 aliphatic heterocycles. The summed E-state index contributed by atoms with van der Waals surface area (Å²) in [5.74, 6) is -0.125. The molecule has 5 nitrogen and oxygen atoms in total. The third-order valence-electron chi connectivity index (χ3n) is 4.82. The molecule has 5 heteroatoms. The van der Waals surface area contributed by atoms with Gasteiger partial charge in [-0.2, -0.15) is 0 Å². The third-order valence-corrected chi connectivity index (χ3v) is 4.82. The number of β-amino-alcohol motifs (C(OH)–C–C–N with tert-alkyl or cyclic N) is 1. The third kappa shape index (κ3) is 2.50. The number of rotatable bonds is 2. The summed E-state index contributed by atoms with van der Waals surface area (Å²) in [4.78, 5) is 29.0. The van der Waals surface area contributed by atoms with E-state index in [0.717, 1.165) is 6.42 Å². The van der Waals surface area contributed by atoms with Crippen molar-refractivity contribution in [1.29, 1.82) is 0 Å². The maximum Gasteiger partial charge on any atom is 0.254 e. The first-order valence-corrected chi connectivity index (χ1v) is 7.87. The Bertz CT molecular complexity index is 575. The highest BCUT2D eigenvalue weighted by molar-refractivity contribution is 5.99. The van der Waals surface area contributed by atoms with Crippen LogP contribution in [0.2, 0.25) is 0 Å². The molecule has 0 bridgehead atoms. The van der Waals surface area contributed by atoms with E-state index in [-0.39, 0.29) is 11.8 Å². The summed E-state index contributed by atoms with van der Waals surface area (Å²) in [6.45, 7) is 3.41. The van der Waals surface area contributed by atoms with E-state index in [9.17, 15) is 14.7 Å². The lowest BCUT2D eigenvalue weighted by Crippen LogP contribution is -2.56. The molecule has 2 saturated heterocycles. The average molecular weight is 302 g/mol. The molecule has 118 valence electrons. The van der Waals surface area contributed by atoms with Gasteiger partial charge in [-0.25, -0.2) is 0 Å². The largest absolute Gasteiger partial charge is 0.391 e. The fraction of sp³-hybridized carbons (Fsp3) is 0.529. The van der Waals surface area contributed by atoms with Gasteiger partial charge in [-0.1, -0.05) is 18.2 Å². The molecule has 2 fully saturated rings. The number of nitrogens with zero attached hydrogens (tertiary/aromatic N) is 2. The number of carbonyl (C=O) groups is 2. The Kier molecular flexibility index (Phi) is 3.91.